The fourth-order valence-electron chi connectivity index (χ4n) is 6.10. The van der Waals surface area contributed by atoms with Gasteiger partial charge in [0.05, 0.1) is 18.3 Å². The molecule has 4 N–H and O–H groups in total. The Hall–Kier alpha value is -4.52. The summed E-state index contributed by atoms with van der Waals surface area (Å²) in [5, 5.41) is 15.9. The Kier molecular flexibility index (Phi) is 10.9. The molecular weight excluding hydrogens is 650 g/mol. The second-order valence-corrected chi connectivity index (χ2v) is 14.6. The van der Waals surface area contributed by atoms with Gasteiger partial charge in [-0.05, 0) is 48.4 Å². The molecule has 14 heteroatoms. The number of ketones is 1. The first-order valence-corrected chi connectivity index (χ1v) is 17.1. The summed E-state index contributed by atoms with van der Waals surface area (Å²) in [7, 11) is 0. The van der Waals surface area contributed by atoms with Gasteiger partial charge in [-0.3, -0.25) is 24.2 Å². The summed E-state index contributed by atoms with van der Waals surface area (Å²) >= 11 is 6.23. The van der Waals surface area contributed by atoms with Crippen LogP contribution in [-0.2, 0) is 30.6 Å². The molecule has 3 aliphatic rings. The zero-order valence-electron chi connectivity index (χ0n) is 28.3. The van der Waals surface area contributed by atoms with Gasteiger partial charge in [0, 0.05) is 48.4 Å². The fraction of sp³-hybridized carbons (Fsp3) is 0.514. The Bertz CT molecular complexity index is 1610. The number of oxime groups is 1. The summed E-state index contributed by atoms with van der Waals surface area (Å²) in [6.45, 7) is 7.50. The van der Waals surface area contributed by atoms with Gasteiger partial charge < -0.3 is 31.0 Å². The molecule has 1 aromatic heterocycles. The number of likely N-dealkylation sites (tertiary alicyclic amines) is 1. The van der Waals surface area contributed by atoms with Crippen LogP contribution in [0.4, 0.5) is 4.79 Å². The Morgan fingerprint density at radius 1 is 1.10 bits per heavy atom. The average Bonchev–Trinajstić information content (AvgIpc) is 3.66. The van der Waals surface area contributed by atoms with Gasteiger partial charge >= 0.3 is 6.03 Å². The van der Waals surface area contributed by atoms with Crippen molar-refractivity contribution in [3.05, 3.63) is 64.9 Å². The van der Waals surface area contributed by atoms with E-state index in [4.69, 9.17) is 16.4 Å². The number of hydrogen-bond acceptors (Lipinski definition) is 8. The Labute approximate surface area is 290 Å². The monoisotopic (exact) mass is 693 g/mol. The van der Waals surface area contributed by atoms with E-state index in [1.54, 1.807) is 36.7 Å². The predicted octanol–water partition coefficient (Wildman–Crippen LogP) is 3.25. The number of hydrogen-bond donors (Lipinski definition) is 4. The summed E-state index contributed by atoms with van der Waals surface area (Å²) in [5.74, 6) is -2.54. The molecule has 13 nitrogen and oxygen atoms in total. The number of amides is 5. The second-order valence-electron chi connectivity index (χ2n) is 14.1. The quantitative estimate of drug-likeness (QED) is 0.247. The molecule has 2 aliphatic heterocycles. The van der Waals surface area contributed by atoms with Gasteiger partial charge in [-0.2, -0.15) is 0 Å². The molecule has 1 aliphatic carbocycles. The van der Waals surface area contributed by atoms with Crippen molar-refractivity contribution in [2.45, 2.75) is 103 Å². The molecule has 1 aromatic carbocycles. The van der Waals surface area contributed by atoms with E-state index in [2.05, 4.69) is 31.4 Å². The topological polar surface area (TPSA) is 171 Å². The molecule has 4 atom stereocenters. The van der Waals surface area contributed by atoms with Crippen LogP contribution in [0, 0.1) is 5.41 Å². The van der Waals surface area contributed by atoms with Crippen LogP contribution in [0.15, 0.2) is 53.9 Å². The standard InChI is InChI=1S/C35H44ClN7O6/c1-5-8-25(28(44)31(46)39-24-12-13-24)40-30(45)27-17-35(16-26(42-49-35)22-10-6-11-23(36)15-22)20-43(27)32(47)29(34(2,3)4)41-33(48)38-19-21-9-7-14-37-18-21/h6-7,9-11,14-15,18,24-25,27,29H,5,8,12-13,16-17,19-20H2,1-4H3,(H,39,46)(H,40,45)(H2,38,41,48)/t25-,27-,29+,35+/m0/s1. The van der Waals surface area contributed by atoms with Crippen LogP contribution >= 0.6 is 11.6 Å². The van der Waals surface area contributed by atoms with E-state index in [-0.39, 0.29) is 32.0 Å². The van der Waals surface area contributed by atoms with Crippen LogP contribution in [0.3, 0.4) is 0 Å². The van der Waals surface area contributed by atoms with Gasteiger partial charge in [-0.1, -0.05) is 69.1 Å². The zero-order valence-corrected chi connectivity index (χ0v) is 29.0. The largest absolute Gasteiger partial charge is 0.387 e. The van der Waals surface area contributed by atoms with Crippen molar-refractivity contribution in [1.29, 1.82) is 0 Å². The van der Waals surface area contributed by atoms with Crippen molar-refractivity contribution in [2.75, 3.05) is 6.54 Å². The van der Waals surface area contributed by atoms with Crippen LogP contribution in [0.1, 0.15) is 77.3 Å². The number of nitrogens with one attached hydrogen (secondary N) is 4. The highest BCUT2D eigenvalue weighted by Crippen LogP contribution is 2.40. The summed E-state index contributed by atoms with van der Waals surface area (Å²) in [6.07, 6.45) is 6.04. The van der Waals surface area contributed by atoms with Gasteiger partial charge in [0.2, 0.25) is 17.6 Å². The lowest BCUT2D eigenvalue weighted by molar-refractivity contribution is -0.144. The Morgan fingerprint density at radius 2 is 1.88 bits per heavy atom. The highest BCUT2D eigenvalue weighted by molar-refractivity contribution is 6.38. The number of rotatable bonds is 12. The number of Topliss-reactive ketones (excluding diaryl/α,β-unsaturated/α-hetero) is 1. The molecule has 5 amide bonds. The van der Waals surface area contributed by atoms with E-state index < -0.39 is 58.7 Å². The molecule has 262 valence electrons. The van der Waals surface area contributed by atoms with E-state index >= 15 is 0 Å². The predicted molar refractivity (Wildman–Crippen MR) is 182 cm³/mol. The van der Waals surface area contributed by atoms with Gasteiger partial charge in [0.15, 0.2) is 5.60 Å². The number of halogens is 1. The summed E-state index contributed by atoms with van der Waals surface area (Å²) in [4.78, 5) is 79.0. The van der Waals surface area contributed by atoms with Gasteiger partial charge in [0.1, 0.15) is 12.1 Å². The van der Waals surface area contributed by atoms with Crippen molar-refractivity contribution in [1.82, 2.24) is 31.2 Å². The normalized spacial score (nSPS) is 21.3. The first-order valence-electron chi connectivity index (χ1n) is 16.7. The number of aromatic nitrogens is 1. The molecule has 2 fully saturated rings. The van der Waals surface area contributed by atoms with Crippen molar-refractivity contribution >= 4 is 46.8 Å². The van der Waals surface area contributed by atoms with Crippen LogP contribution in [-0.4, -0.2) is 81.4 Å². The van der Waals surface area contributed by atoms with E-state index in [0.717, 1.165) is 24.0 Å². The smallest absolute Gasteiger partial charge is 0.315 e. The minimum absolute atomic E-state index is 0.00237. The minimum atomic E-state index is -1.08. The third-order valence-electron chi connectivity index (χ3n) is 8.89. The van der Waals surface area contributed by atoms with Crippen LogP contribution in [0.2, 0.25) is 5.02 Å². The highest BCUT2D eigenvalue weighted by atomic mass is 35.5. The van der Waals surface area contributed by atoms with Gasteiger partial charge in [-0.25, -0.2) is 4.79 Å². The van der Waals surface area contributed by atoms with Crippen molar-refractivity contribution in [3.8, 4) is 0 Å². The third kappa shape index (κ3) is 8.94. The number of nitrogens with zero attached hydrogens (tertiary/aromatic N) is 3. The fourth-order valence-corrected chi connectivity index (χ4v) is 6.29. The summed E-state index contributed by atoms with van der Waals surface area (Å²) in [6, 6.07) is 6.98. The van der Waals surface area contributed by atoms with Gasteiger partial charge in [-0.15, -0.1) is 0 Å². The van der Waals surface area contributed by atoms with Crippen LogP contribution in [0.5, 0.6) is 0 Å². The maximum Gasteiger partial charge on any atom is 0.315 e. The highest BCUT2D eigenvalue weighted by Gasteiger charge is 2.55. The van der Waals surface area contributed by atoms with Crippen molar-refractivity contribution < 1.29 is 28.8 Å². The van der Waals surface area contributed by atoms with Crippen molar-refractivity contribution in [2.24, 2.45) is 10.6 Å². The van der Waals surface area contributed by atoms with Crippen molar-refractivity contribution in [3.63, 3.8) is 0 Å². The molecule has 3 heterocycles. The number of benzene rings is 1. The van der Waals surface area contributed by atoms with E-state index in [1.165, 1.54) is 4.90 Å². The molecule has 1 spiro atoms. The molecule has 1 saturated heterocycles. The van der Waals surface area contributed by atoms with Crippen LogP contribution in [0.25, 0.3) is 0 Å². The molecule has 49 heavy (non-hydrogen) atoms. The summed E-state index contributed by atoms with van der Waals surface area (Å²) < 4.78 is 0. The lowest BCUT2D eigenvalue weighted by Crippen LogP contribution is -2.60. The number of carbonyl (C=O) groups excluding carboxylic acids is 5. The molecule has 2 aromatic rings. The third-order valence-corrected chi connectivity index (χ3v) is 9.13. The number of pyridine rings is 1. The van der Waals surface area contributed by atoms with Gasteiger partial charge in [0.25, 0.3) is 5.91 Å². The molecule has 0 radical (unpaired) electrons. The lowest BCUT2D eigenvalue weighted by Gasteiger charge is -2.35. The number of urea groups is 1. The first-order chi connectivity index (χ1) is 23.3. The number of carbonyl (C=O) groups is 5. The molecular formula is C35H44ClN7O6. The lowest BCUT2D eigenvalue weighted by atomic mass is 9.85. The maximum atomic E-state index is 14.5. The zero-order chi connectivity index (χ0) is 35.3. The SMILES string of the molecule is CCC[C@H](NC(=O)[C@@H]1C[C@]2(CC(c3cccc(Cl)c3)=NO2)CN1C(=O)[C@@H](NC(=O)NCc1cccnc1)C(C)(C)C)C(=O)C(=O)NC1CC1. The molecule has 5 rings (SSSR count). The Morgan fingerprint density at radius 3 is 2.53 bits per heavy atom. The Balaban J connectivity index is 1.38. The average molecular weight is 694 g/mol. The second kappa shape index (κ2) is 14.9. The van der Waals surface area contributed by atoms with E-state index in [0.29, 0.717) is 23.6 Å². The summed E-state index contributed by atoms with van der Waals surface area (Å²) in [5.41, 5.74) is 0.343. The van der Waals surface area contributed by atoms with E-state index in [1.807, 2.05) is 39.8 Å². The molecule has 0 unspecified atom stereocenters. The maximum absolute atomic E-state index is 14.5. The molecule has 1 saturated carbocycles. The van der Waals surface area contributed by atoms with E-state index in [9.17, 15) is 24.0 Å². The minimum Gasteiger partial charge on any atom is -0.387 e. The molecule has 0 bridgehead atoms. The first kappa shape index (κ1) is 35.8. The van der Waals surface area contributed by atoms with Crippen LogP contribution < -0.4 is 21.3 Å².